The van der Waals surface area contributed by atoms with Crippen molar-refractivity contribution in [2.75, 3.05) is 18.4 Å². The minimum atomic E-state index is -0.835. The van der Waals surface area contributed by atoms with Gasteiger partial charge in [0.05, 0.1) is 24.5 Å². The molecule has 8 heteroatoms. The van der Waals surface area contributed by atoms with Gasteiger partial charge in [-0.3, -0.25) is 4.68 Å². The van der Waals surface area contributed by atoms with Crippen molar-refractivity contribution in [2.24, 2.45) is 7.05 Å². The molecule has 0 saturated carbocycles. The van der Waals surface area contributed by atoms with Gasteiger partial charge in [-0.2, -0.15) is 5.10 Å². The Labute approximate surface area is 196 Å². The number of halogens is 2. The van der Waals surface area contributed by atoms with Gasteiger partial charge in [0.15, 0.2) is 11.6 Å². The van der Waals surface area contributed by atoms with E-state index < -0.39 is 11.6 Å². The summed E-state index contributed by atoms with van der Waals surface area (Å²) in [6.07, 6.45) is 5.88. The molecular weight excluding hydrogens is 436 g/mol. The molecule has 0 fully saturated rings. The highest BCUT2D eigenvalue weighted by atomic mass is 19.2. The molecule has 34 heavy (non-hydrogen) atoms. The van der Waals surface area contributed by atoms with Crippen molar-refractivity contribution in [2.45, 2.75) is 18.6 Å². The topological polar surface area (TPSA) is 64.0 Å². The van der Waals surface area contributed by atoms with Crippen molar-refractivity contribution in [1.29, 1.82) is 0 Å². The third-order valence-electron chi connectivity index (χ3n) is 5.94. The first kappa shape index (κ1) is 22.0. The second-order valence-corrected chi connectivity index (χ2v) is 8.36. The first-order valence-corrected chi connectivity index (χ1v) is 11.2. The Morgan fingerprint density at radius 3 is 2.71 bits per heavy atom. The molecule has 0 spiro atoms. The molecule has 2 aromatic heterocycles. The molecule has 2 atom stereocenters. The third kappa shape index (κ3) is 4.77. The molecule has 0 radical (unpaired) electrons. The smallest absolute Gasteiger partial charge is 0.237 e. The number of nitrogens with zero attached hydrogens (tertiary/aromatic N) is 3. The largest absolute Gasteiger partial charge is 0.469 e. The van der Waals surface area contributed by atoms with Crippen molar-refractivity contribution in [1.82, 2.24) is 20.1 Å². The van der Waals surface area contributed by atoms with Gasteiger partial charge in [0.2, 0.25) is 5.88 Å². The Bertz CT molecular complexity index is 1280. The van der Waals surface area contributed by atoms with Crippen LogP contribution in [0.4, 0.5) is 14.5 Å². The fourth-order valence-electron chi connectivity index (χ4n) is 4.17. The summed E-state index contributed by atoms with van der Waals surface area (Å²) in [7, 11) is 1.88. The van der Waals surface area contributed by atoms with Crippen LogP contribution in [0.2, 0.25) is 0 Å². The molecule has 4 aromatic rings. The zero-order valence-electron chi connectivity index (χ0n) is 18.7. The third-order valence-corrected chi connectivity index (χ3v) is 5.94. The highest BCUT2D eigenvalue weighted by Crippen LogP contribution is 2.34. The van der Waals surface area contributed by atoms with Crippen LogP contribution in [0.5, 0.6) is 5.88 Å². The lowest BCUT2D eigenvalue weighted by Gasteiger charge is -2.33. The quantitative estimate of drug-likeness (QED) is 0.424. The van der Waals surface area contributed by atoms with Gasteiger partial charge in [0, 0.05) is 30.6 Å². The van der Waals surface area contributed by atoms with E-state index in [0.717, 1.165) is 34.0 Å². The number of ether oxygens (including phenoxy) is 1. The number of pyridine rings is 1. The second kappa shape index (κ2) is 9.61. The highest BCUT2D eigenvalue weighted by molar-refractivity contribution is 5.69. The molecule has 0 aliphatic carbocycles. The molecule has 5 rings (SSSR count). The molecule has 174 valence electrons. The van der Waals surface area contributed by atoms with Crippen molar-refractivity contribution < 1.29 is 13.5 Å². The zero-order chi connectivity index (χ0) is 23.5. The second-order valence-electron chi connectivity index (χ2n) is 8.36. The number of fused-ring (bicyclic) bond motifs is 1. The van der Waals surface area contributed by atoms with Gasteiger partial charge in [0.25, 0.3) is 0 Å². The maximum absolute atomic E-state index is 13.6. The van der Waals surface area contributed by atoms with E-state index in [9.17, 15) is 8.78 Å². The summed E-state index contributed by atoms with van der Waals surface area (Å²) in [4.78, 5) is 4.55. The minimum Gasteiger partial charge on any atom is -0.469 e. The fourth-order valence-corrected chi connectivity index (χ4v) is 4.17. The fraction of sp³-hybridized carbons (Fsp3) is 0.231. The number of benzene rings is 2. The summed E-state index contributed by atoms with van der Waals surface area (Å²) < 4.78 is 34.9. The van der Waals surface area contributed by atoms with Crippen molar-refractivity contribution in [3.63, 3.8) is 0 Å². The number of aromatic nitrogens is 3. The highest BCUT2D eigenvalue weighted by Gasteiger charge is 2.29. The molecule has 2 aromatic carbocycles. The van der Waals surface area contributed by atoms with Gasteiger partial charge in [-0.05, 0) is 42.3 Å². The lowest BCUT2D eigenvalue weighted by atomic mass is 9.99. The first-order chi connectivity index (χ1) is 16.6. The number of hydrogen-bond donors (Lipinski definition) is 2. The Morgan fingerprint density at radius 2 is 1.94 bits per heavy atom. The average Bonchev–Trinajstić information content (AvgIpc) is 3.30. The summed E-state index contributed by atoms with van der Waals surface area (Å²) in [5.74, 6) is -1.11. The van der Waals surface area contributed by atoms with E-state index in [1.54, 1.807) is 23.1 Å². The molecule has 0 bridgehead atoms. The molecule has 1 aliphatic heterocycles. The van der Waals surface area contributed by atoms with E-state index in [0.29, 0.717) is 25.4 Å². The van der Waals surface area contributed by atoms with Crippen molar-refractivity contribution in [3.8, 4) is 17.0 Å². The molecule has 6 nitrogen and oxygen atoms in total. The van der Waals surface area contributed by atoms with Crippen LogP contribution in [0.25, 0.3) is 11.1 Å². The summed E-state index contributed by atoms with van der Waals surface area (Å²) in [6, 6.07) is 16.0. The molecule has 0 saturated heterocycles. The summed E-state index contributed by atoms with van der Waals surface area (Å²) in [5.41, 5.74) is 4.60. The Kier molecular flexibility index (Phi) is 6.22. The predicted octanol–water partition coefficient (Wildman–Crippen LogP) is 4.51. The van der Waals surface area contributed by atoms with Crippen LogP contribution < -0.4 is 15.4 Å². The molecule has 0 amide bonds. The molecule has 1 aliphatic rings. The molecule has 3 heterocycles. The Hall–Kier alpha value is -3.78. The first-order valence-electron chi connectivity index (χ1n) is 11.2. The Balaban J connectivity index is 1.31. The van der Waals surface area contributed by atoms with Gasteiger partial charge in [-0.1, -0.05) is 36.4 Å². The zero-order valence-corrected chi connectivity index (χ0v) is 18.7. The molecule has 2 N–H and O–H groups in total. The van der Waals surface area contributed by atoms with Crippen LogP contribution in [-0.4, -0.2) is 34.0 Å². The van der Waals surface area contributed by atoms with Crippen LogP contribution in [0.15, 0.2) is 73.2 Å². The van der Waals surface area contributed by atoms with Gasteiger partial charge < -0.3 is 15.4 Å². The number of hydrogen-bond acceptors (Lipinski definition) is 5. The van der Waals surface area contributed by atoms with Crippen LogP contribution in [-0.2, 0) is 13.5 Å². The van der Waals surface area contributed by atoms with E-state index in [-0.39, 0.29) is 12.1 Å². The SMILES string of the molecule is Cn1cc(-c2cnc3c(c2)NC[C@@H]([C@H](NCCc2ccc(F)c(F)c2)c2ccccc2)O3)cn1. The van der Waals surface area contributed by atoms with E-state index in [1.807, 2.05) is 49.6 Å². The number of rotatable bonds is 7. The monoisotopic (exact) mass is 461 g/mol. The van der Waals surface area contributed by atoms with E-state index in [2.05, 4.69) is 20.7 Å². The van der Waals surface area contributed by atoms with Crippen molar-refractivity contribution in [3.05, 3.63) is 95.9 Å². The number of anilines is 1. The molecular formula is C26H25F2N5O. The van der Waals surface area contributed by atoms with E-state index in [4.69, 9.17) is 4.74 Å². The lowest BCUT2D eigenvalue weighted by molar-refractivity contribution is 0.150. The lowest BCUT2D eigenvalue weighted by Crippen LogP contribution is -2.43. The molecule has 0 unspecified atom stereocenters. The average molecular weight is 462 g/mol. The van der Waals surface area contributed by atoms with E-state index in [1.165, 1.54) is 6.07 Å². The normalized spacial score (nSPS) is 15.8. The maximum Gasteiger partial charge on any atom is 0.237 e. The van der Waals surface area contributed by atoms with Crippen LogP contribution in [0.1, 0.15) is 17.2 Å². The van der Waals surface area contributed by atoms with Gasteiger partial charge in [0.1, 0.15) is 6.10 Å². The number of nitrogens with one attached hydrogen (secondary N) is 2. The van der Waals surface area contributed by atoms with Gasteiger partial charge in [-0.15, -0.1) is 0 Å². The summed E-state index contributed by atoms with van der Waals surface area (Å²) in [6.45, 7) is 1.16. The minimum absolute atomic E-state index is 0.119. The van der Waals surface area contributed by atoms with Gasteiger partial charge >= 0.3 is 0 Å². The van der Waals surface area contributed by atoms with Gasteiger partial charge in [-0.25, -0.2) is 13.8 Å². The van der Waals surface area contributed by atoms with Crippen LogP contribution >= 0.6 is 0 Å². The summed E-state index contributed by atoms with van der Waals surface area (Å²) in [5, 5.41) is 11.2. The van der Waals surface area contributed by atoms with E-state index >= 15 is 0 Å². The Morgan fingerprint density at radius 1 is 1.09 bits per heavy atom. The maximum atomic E-state index is 13.6. The number of aryl methyl sites for hydroxylation is 1. The predicted molar refractivity (Wildman–Crippen MR) is 127 cm³/mol. The van der Waals surface area contributed by atoms with Crippen LogP contribution in [0, 0.1) is 11.6 Å². The standard InChI is InChI=1S/C26H25F2N5O/c1-33-16-20(14-32-33)19-12-23-26(31-13-19)34-24(15-30-23)25(18-5-3-2-4-6-18)29-10-9-17-7-8-21(27)22(28)11-17/h2-8,11-14,16,24-25,29-30H,9-10,15H2,1H3/t24-,25+/m0/s1. The van der Waals surface area contributed by atoms with Crippen LogP contribution in [0.3, 0.4) is 0 Å². The summed E-state index contributed by atoms with van der Waals surface area (Å²) >= 11 is 0. The van der Waals surface area contributed by atoms with Crippen molar-refractivity contribution >= 4 is 5.69 Å².